The number of hydrogen-bond acceptors (Lipinski definition) is 17. The van der Waals surface area contributed by atoms with Crippen LogP contribution in [0.15, 0.2) is 30.3 Å². The first-order valence-corrected chi connectivity index (χ1v) is 15.7. The maximum Gasteiger partial charge on any atom is 0.339 e. The first kappa shape index (κ1) is 34.4. The zero-order valence-electron chi connectivity index (χ0n) is 26.7. The van der Waals surface area contributed by atoms with Crippen LogP contribution < -0.4 is 23.7 Å². The highest BCUT2D eigenvalue weighted by molar-refractivity contribution is 6.14. The van der Waals surface area contributed by atoms with E-state index in [2.05, 4.69) is 0 Å². The van der Waals surface area contributed by atoms with E-state index in [1.807, 2.05) is 0 Å². The summed E-state index contributed by atoms with van der Waals surface area (Å²) in [7, 11) is 2.88. The van der Waals surface area contributed by atoms with Crippen LogP contribution in [0.1, 0.15) is 15.9 Å². The molecule has 4 heterocycles. The lowest BCUT2D eigenvalue weighted by Crippen LogP contribution is -2.65. The van der Waals surface area contributed by atoms with Crippen LogP contribution in [-0.2, 0) is 25.6 Å². The summed E-state index contributed by atoms with van der Waals surface area (Å²) in [5.41, 5.74) is 1.44. The molecule has 17 heteroatoms. The lowest BCUT2D eigenvalue weighted by atomic mass is 9.89. The topological polar surface area (TPSA) is 242 Å². The molecule has 4 aliphatic rings. The van der Waals surface area contributed by atoms with E-state index in [1.165, 1.54) is 14.2 Å². The number of methoxy groups -OCH3 is 2. The van der Waals surface area contributed by atoms with Gasteiger partial charge in [-0.05, 0) is 35.2 Å². The quantitative estimate of drug-likeness (QED) is 0.131. The fourth-order valence-corrected chi connectivity index (χ4v) is 6.64. The lowest BCUT2D eigenvalue weighted by molar-refractivity contribution is -0.357. The minimum atomic E-state index is -1.87. The summed E-state index contributed by atoms with van der Waals surface area (Å²) in [5.74, 6) is 0.944. The van der Waals surface area contributed by atoms with Crippen molar-refractivity contribution in [1.29, 1.82) is 0 Å². The van der Waals surface area contributed by atoms with Gasteiger partial charge in [0.15, 0.2) is 35.4 Å². The first-order chi connectivity index (χ1) is 24.1. The van der Waals surface area contributed by atoms with Crippen molar-refractivity contribution in [3.05, 3.63) is 41.5 Å². The number of esters is 1. The maximum absolute atomic E-state index is 13.5. The first-order valence-electron chi connectivity index (χ1n) is 15.7. The number of carbonyl (C=O) groups is 1. The zero-order chi connectivity index (χ0) is 35.4. The van der Waals surface area contributed by atoms with Gasteiger partial charge in [0.1, 0.15) is 55.1 Å². The molecule has 270 valence electrons. The van der Waals surface area contributed by atoms with E-state index in [-0.39, 0.29) is 36.0 Å². The highest BCUT2D eigenvalue weighted by Gasteiger charge is 2.52. The van der Waals surface area contributed by atoms with Crippen LogP contribution in [0.25, 0.3) is 21.9 Å². The molecule has 7 N–H and O–H groups in total. The summed E-state index contributed by atoms with van der Waals surface area (Å²) in [5, 5.41) is 73.7. The minimum absolute atomic E-state index is 0.0268. The van der Waals surface area contributed by atoms with Gasteiger partial charge >= 0.3 is 5.97 Å². The summed E-state index contributed by atoms with van der Waals surface area (Å²) in [6, 6.07) is 8.43. The van der Waals surface area contributed by atoms with Gasteiger partial charge < -0.3 is 78.4 Å². The largest absolute Gasteiger partial charge is 0.493 e. The molecule has 7 rings (SSSR count). The molecule has 0 amide bonds. The molecule has 2 fully saturated rings. The monoisotopic (exact) mass is 704 g/mol. The third-order valence-electron chi connectivity index (χ3n) is 9.27. The number of benzene rings is 3. The van der Waals surface area contributed by atoms with Crippen LogP contribution in [0, 0.1) is 0 Å². The molecule has 3 aromatic carbocycles. The number of fused-ring (bicyclic) bond motifs is 3. The molecule has 50 heavy (non-hydrogen) atoms. The number of ether oxygens (including phenoxy) is 9. The molecule has 17 nitrogen and oxygen atoms in total. The van der Waals surface area contributed by atoms with Gasteiger partial charge in [-0.2, -0.15) is 0 Å². The molecular weight excluding hydrogens is 668 g/mol. The summed E-state index contributed by atoms with van der Waals surface area (Å²) >= 11 is 0. The predicted molar refractivity (Wildman–Crippen MR) is 165 cm³/mol. The van der Waals surface area contributed by atoms with Crippen molar-refractivity contribution in [3.8, 4) is 39.9 Å². The van der Waals surface area contributed by atoms with Crippen molar-refractivity contribution in [2.45, 2.75) is 68.0 Å². The minimum Gasteiger partial charge on any atom is -0.493 e. The van der Waals surface area contributed by atoms with Gasteiger partial charge in [-0.3, -0.25) is 0 Å². The van der Waals surface area contributed by atoms with E-state index in [0.29, 0.717) is 39.1 Å². The zero-order valence-corrected chi connectivity index (χ0v) is 26.7. The molecule has 0 aromatic heterocycles. The molecule has 3 aromatic rings. The van der Waals surface area contributed by atoms with Crippen molar-refractivity contribution in [2.24, 2.45) is 0 Å². The van der Waals surface area contributed by atoms with Gasteiger partial charge in [0.2, 0.25) is 13.1 Å². The molecule has 0 spiro atoms. The van der Waals surface area contributed by atoms with Crippen molar-refractivity contribution in [1.82, 2.24) is 0 Å². The van der Waals surface area contributed by atoms with Crippen LogP contribution in [-0.4, -0.2) is 137 Å². The summed E-state index contributed by atoms with van der Waals surface area (Å²) in [4.78, 5) is 13.5. The molecule has 4 aliphatic heterocycles. The second-order valence-electron chi connectivity index (χ2n) is 12.1. The second-order valence-corrected chi connectivity index (χ2v) is 12.1. The van der Waals surface area contributed by atoms with E-state index < -0.39 is 80.6 Å². The Labute approximate surface area is 283 Å². The van der Waals surface area contributed by atoms with E-state index in [9.17, 15) is 40.5 Å². The van der Waals surface area contributed by atoms with Crippen molar-refractivity contribution >= 4 is 16.7 Å². The standard InChI is InChI=1S/C33H36O17/c1-42-17-6-13-14(7-18(17)43-2)29(15-10-44-31(41)23(15)22(13)12-3-4-16-19(5-12)46-11-45-16)49-33-30(27(39)25(37)21(9-35)48-33)50-32-28(40)26(38)24(36)20(8-34)47-32/h3-7,20-21,24-28,30,32-40H,8-11H2,1-2H3. The Balaban J connectivity index is 1.37. The number of aliphatic hydroxyl groups excluding tert-OH is 7. The van der Waals surface area contributed by atoms with Crippen LogP contribution in [0.4, 0.5) is 0 Å². The van der Waals surface area contributed by atoms with Gasteiger partial charge in [0, 0.05) is 16.5 Å². The number of carbonyl (C=O) groups excluding carboxylic acids is 1. The van der Waals surface area contributed by atoms with Gasteiger partial charge in [-0.1, -0.05) is 6.07 Å². The Hall–Kier alpha value is -4.01. The fourth-order valence-electron chi connectivity index (χ4n) is 6.64. The second kappa shape index (κ2) is 13.6. The Morgan fingerprint density at radius 3 is 2.04 bits per heavy atom. The highest BCUT2D eigenvalue weighted by atomic mass is 16.8. The van der Waals surface area contributed by atoms with E-state index in [4.69, 9.17) is 42.6 Å². The molecule has 0 radical (unpaired) electrons. The smallest absolute Gasteiger partial charge is 0.339 e. The van der Waals surface area contributed by atoms with Crippen molar-refractivity contribution < 1.29 is 83.2 Å². The Morgan fingerprint density at radius 1 is 0.720 bits per heavy atom. The average molecular weight is 705 g/mol. The molecule has 10 atom stereocenters. The molecule has 2 saturated heterocycles. The Bertz CT molecular complexity index is 1760. The number of cyclic esters (lactones) is 1. The number of hydrogen-bond donors (Lipinski definition) is 7. The highest BCUT2D eigenvalue weighted by Crippen LogP contribution is 2.50. The van der Waals surface area contributed by atoms with Crippen LogP contribution in [0.2, 0.25) is 0 Å². The third kappa shape index (κ3) is 5.65. The van der Waals surface area contributed by atoms with Crippen LogP contribution >= 0.6 is 0 Å². The van der Waals surface area contributed by atoms with Crippen LogP contribution in [0.3, 0.4) is 0 Å². The average Bonchev–Trinajstić information content (AvgIpc) is 3.76. The Kier molecular flexibility index (Phi) is 9.37. The van der Waals surface area contributed by atoms with Crippen molar-refractivity contribution in [2.75, 3.05) is 34.2 Å². The summed E-state index contributed by atoms with van der Waals surface area (Å²) in [6.45, 7) is -1.72. The molecular formula is C33H36O17. The molecule has 0 aliphatic carbocycles. The molecule has 0 saturated carbocycles. The van der Waals surface area contributed by atoms with Gasteiger partial charge in [0.25, 0.3) is 0 Å². The van der Waals surface area contributed by atoms with Crippen molar-refractivity contribution in [3.63, 3.8) is 0 Å². The summed E-state index contributed by atoms with van der Waals surface area (Å²) < 4.78 is 51.4. The fraction of sp³-hybridized carbons (Fsp3) is 0.485. The normalized spacial score (nSPS) is 31.7. The predicted octanol–water partition coefficient (Wildman–Crippen LogP) is -1.07. The Morgan fingerprint density at radius 2 is 1.36 bits per heavy atom. The summed E-state index contributed by atoms with van der Waals surface area (Å²) in [6.07, 6.45) is -16.8. The number of rotatable bonds is 9. The third-order valence-corrected chi connectivity index (χ3v) is 9.27. The molecule has 10 unspecified atom stereocenters. The van der Waals surface area contributed by atoms with E-state index >= 15 is 0 Å². The number of aliphatic hydroxyl groups is 7. The SMILES string of the molecule is COc1cc2c(OC3OC(CO)C(O)C(O)C3OC3OC(CO)C(O)C(O)C3O)c3c(c(-c4ccc5c(c4)OCO5)c2cc1OC)C(=O)OC3. The van der Waals surface area contributed by atoms with Gasteiger partial charge in [-0.15, -0.1) is 0 Å². The van der Waals surface area contributed by atoms with E-state index in [1.54, 1.807) is 30.3 Å². The van der Waals surface area contributed by atoms with Crippen LogP contribution in [0.5, 0.6) is 28.7 Å². The van der Waals surface area contributed by atoms with E-state index in [0.717, 1.165) is 0 Å². The maximum atomic E-state index is 13.5. The van der Waals surface area contributed by atoms with Gasteiger partial charge in [0.05, 0.1) is 33.0 Å². The lowest BCUT2D eigenvalue weighted by Gasteiger charge is -2.46. The molecule has 0 bridgehead atoms. The van der Waals surface area contributed by atoms with Gasteiger partial charge in [-0.25, -0.2) is 4.79 Å².